The molecule has 4 heteroatoms. The van der Waals surface area contributed by atoms with Gasteiger partial charge in [0.2, 0.25) is 0 Å². The molecular formula is C21H26Cl2N2. The summed E-state index contributed by atoms with van der Waals surface area (Å²) in [5.74, 6) is 0. The lowest BCUT2D eigenvalue weighted by molar-refractivity contribution is 0.838. The van der Waals surface area contributed by atoms with Gasteiger partial charge >= 0.3 is 0 Å². The van der Waals surface area contributed by atoms with Crippen molar-refractivity contribution in [1.29, 1.82) is 0 Å². The summed E-state index contributed by atoms with van der Waals surface area (Å²) in [6.07, 6.45) is 5.59. The summed E-state index contributed by atoms with van der Waals surface area (Å²) in [4.78, 5) is 9.15. The Morgan fingerprint density at radius 2 is 1.68 bits per heavy atom. The highest BCUT2D eigenvalue weighted by Gasteiger charge is 2.14. The molecule has 1 aromatic carbocycles. The van der Waals surface area contributed by atoms with Crippen LogP contribution in [0.15, 0.2) is 62.7 Å². The molecule has 0 saturated heterocycles. The molecule has 1 atom stereocenters. The minimum absolute atomic E-state index is 0.171. The molecule has 0 spiro atoms. The maximum absolute atomic E-state index is 6.54. The first-order chi connectivity index (χ1) is 11.8. The summed E-state index contributed by atoms with van der Waals surface area (Å²) in [6.45, 7) is 11.8. The van der Waals surface area contributed by atoms with Crippen LogP contribution in [0.3, 0.4) is 0 Å². The Labute approximate surface area is 161 Å². The van der Waals surface area contributed by atoms with Crippen LogP contribution in [-0.4, -0.2) is 17.4 Å². The lowest BCUT2D eigenvalue weighted by atomic mass is 10.0. The number of allylic oxidation sites excluding steroid dienone is 5. The van der Waals surface area contributed by atoms with Gasteiger partial charge in [-0.1, -0.05) is 64.7 Å². The van der Waals surface area contributed by atoms with Crippen molar-refractivity contribution in [3.8, 4) is 0 Å². The van der Waals surface area contributed by atoms with Crippen LogP contribution in [0.4, 0.5) is 0 Å². The third-order valence-electron chi connectivity index (χ3n) is 3.60. The van der Waals surface area contributed by atoms with Gasteiger partial charge < -0.3 is 0 Å². The molecule has 2 nitrogen and oxygen atoms in total. The van der Waals surface area contributed by atoms with E-state index in [1.165, 1.54) is 5.56 Å². The first kappa shape index (κ1) is 21.4. The van der Waals surface area contributed by atoms with Crippen molar-refractivity contribution < 1.29 is 0 Å². The van der Waals surface area contributed by atoms with Crippen LogP contribution in [0.5, 0.6) is 0 Å². The normalized spacial score (nSPS) is 14.8. The molecule has 0 aliphatic heterocycles. The molecule has 0 radical (unpaired) electrons. The van der Waals surface area contributed by atoms with Crippen LogP contribution in [0.1, 0.15) is 45.7 Å². The average molecular weight is 377 g/mol. The maximum Gasteiger partial charge on any atom is 0.133 e. The van der Waals surface area contributed by atoms with E-state index >= 15 is 0 Å². The second kappa shape index (κ2) is 10.4. The summed E-state index contributed by atoms with van der Waals surface area (Å²) in [5.41, 5.74) is 4.88. The van der Waals surface area contributed by atoms with Crippen molar-refractivity contribution in [3.05, 3.63) is 63.8 Å². The Balaban J connectivity index is 3.24. The second-order valence-electron chi connectivity index (χ2n) is 6.06. The van der Waals surface area contributed by atoms with Gasteiger partial charge in [0.25, 0.3) is 0 Å². The topological polar surface area (TPSA) is 24.7 Å². The van der Waals surface area contributed by atoms with E-state index < -0.39 is 0 Å². The standard InChI is InChI=1S/C21H26Cl2N2/c1-7-8-13-24-20(14(2)3)17(6)25-21(23)19(16(5)22)18-11-9-15(4)10-12-18/h7-13,17H,1-6H3/b8-7-,19-16+,24-13?,25-21?. The van der Waals surface area contributed by atoms with Gasteiger partial charge in [0, 0.05) is 16.8 Å². The lowest BCUT2D eigenvalue weighted by Crippen LogP contribution is -2.07. The minimum atomic E-state index is -0.171. The van der Waals surface area contributed by atoms with Gasteiger partial charge in [-0.05, 0) is 53.2 Å². The van der Waals surface area contributed by atoms with Crippen molar-refractivity contribution in [2.45, 2.75) is 47.6 Å². The summed E-state index contributed by atoms with van der Waals surface area (Å²) in [5, 5.41) is 1.00. The Morgan fingerprint density at radius 3 is 2.16 bits per heavy atom. The van der Waals surface area contributed by atoms with Crippen LogP contribution in [0.2, 0.25) is 0 Å². The van der Waals surface area contributed by atoms with Crippen molar-refractivity contribution in [1.82, 2.24) is 0 Å². The molecule has 0 fully saturated rings. The molecule has 0 heterocycles. The van der Waals surface area contributed by atoms with Crippen LogP contribution >= 0.6 is 23.2 Å². The summed E-state index contributed by atoms with van der Waals surface area (Å²) < 4.78 is 0. The molecule has 0 aliphatic carbocycles. The maximum atomic E-state index is 6.54. The first-order valence-electron chi connectivity index (χ1n) is 8.27. The molecule has 25 heavy (non-hydrogen) atoms. The molecule has 134 valence electrons. The number of benzene rings is 1. The fraction of sp³-hybridized carbons (Fsp3) is 0.333. The van der Waals surface area contributed by atoms with Gasteiger partial charge in [-0.2, -0.15) is 0 Å². The Bertz CT molecular complexity index is 728. The van der Waals surface area contributed by atoms with Crippen LogP contribution < -0.4 is 0 Å². The summed E-state index contributed by atoms with van der Waals surface area (Å²) in [6, 6.07) is 7.91. The highest BCUT2D eigenvalue weighted by atomic mass is 35.5. The van der Waals surface area contributed by atoms with Crippen molar-refractivity contribution in [3.63, 3.8) is 0 Å². The van der Waals surface area contributed by atoms with Crippen LogP contribution in [-0.2, 0) is 0 Å². The van der Waals surface area contributed by atoms with Crippen molar-refractivity contribution in [2.75, 3.05) is 0 Å². The van der Waals surface area contributed by atoms with Crippen LogP contribution in [0, 0.1) is 6.92 Å². The van der Waals surface area contributed by atoms with E-state index in [1.807, 2.05) is 78.0 Å². The number of aryl methyl sites for hydroxylation is 1. The largest absolute Gasteiger partial charge is 0.263 e. The van der Waals surface area contributed by atoms with Gasteiger partial charge in [0.05, 0.1) is 11.7 Å². The van der Waals surface area contributed by atoms with Gasteiger partial charge in [-0.15, -0.1) is 0 Å². The molecule has 0 N–H and O–H groups in total. The number of hydrogen-bond donors (Lipinski definition) is 0. The third-order valence-corrected chi connectivity index (χ3v) is 4.07. The van der Waals surface area contributed by atoms with Crippen LogP contribution in [0.25, 0.3) is 5.57 Å². The van der Waals surface area contributed by atoms with E-state index in [9.17, 15) is 0 Å². The zero-order chi connectivity index (χ0) is 19.0. The molecule has 0 amide bonds. The minimum Gasteiger partial charge on any atom is -0.263 e. The van der Waals surface area contributed by atoms with Crippen molar-refractivity contribution >= 4 is 40.2 Å². The van der Waals surface area contributed by atoms with E-state index in [2.05, 4.69) is 9.98 Å². The number of hydrogen-bond acceptors (Lipinski definition) is 2. The molecule has 1 unspecified atom stereocenters. The van der Waals surface area contributed by atoms with Gasteiger partial charge in [0.1, 0.15) is 5.17 Å². The smallest absolute Gasteiger partial charge is 0.133 e. The van der Waals surface area contributed by atoms with Crippen molar-refractivity contribution in [2.24, 2.45) is 9.98 Å². The predicted octanol–water partition coefficient (Wildman–Crippen LogP) is 6.93. The fourth-order valence-electron chi connectivity index (χ4n) is 2.34. The van der Waals surface area contributed by atoms with Gasteiger partial charge in [0.15, 0.2) is 0 Å². The molecular weight excluding hydrogens is 351 g/mol. The van der Waals surface area contributed by atoms with E-state index in [4.69, 9.17) is 23.2 Å². The molecule has 0 saturated carbocycles. The lowest BCUT2D eigenvalue weighted by Gasteiger charge is -2.13. The molecule has 0 aromatic heterocycles. The Morgan fingerprint density at radius 1 is 1.08 bits per heavy atom. The monoisotopic (exact) mass is 376 g/mol. The van der Waals surface area contributed by atoms with E-state index in [1.54, 1.807) is 6.21 Å². The number of nitrogens with zero attached hydrogens (tertiary/aromatic N) is 2. The predicted molar refractivity (Wildman–Crippen MR) is 114 cm³/mol. The number of rotatable bonds is 6. The average Bonchev–Trinajstić information content (AvgIpc) is 2.52. The quantitative estimate of drug-likeness (QED) is 0.480. The zero-order valence-electron chi connectivity index (χ0n) is 15.8. The zero-order valence-corrected chi connectivity index (χ0v) is 17.3. The number of halogens is 2. The van der Waals surface area contributed by atoms with E-state index in [0.717, 1.165) is 22.4 Å². The summed E-state index contributed by atoms with van der Waals surface area (Å²) in [7, 11) is 0. The Hall–Kier alpha value is -1.64. The highest BCUT2D eigenvalue weighted by molar-refractivity contribution is 6.77. The first-order valence-corrected chi connectivity index (χ1v) is 9.03. The molecule has 0 bridgehead atoms. The van der Waals surface area contributed by atoms with E-state index in [-0.39, 0.29) is 6.04 Å². The van der Waals surface area contributed by atoms with Gasteiger partial charge in [-0.25, -0.2) is 0 Å². The molecule has 0 aliphatic rings. The van der Waals surface area contributed by atoms with E-state index in [0.29, 0.717) is 10.2 Å². The summed E-state index contributed by atoms with van der Waals surface area (Å²) >= 11 is 12.8. The Kier molecular flexibility index (Phi) is 8.88. The fourth-order valence-corrected chi connectivity index (χ4v) is 2.98. The second-order valence-corrected chi connectivity index (χ2v) is 6.98. The molecule has 1 rings (SSSR count). The highest BCUT2D eigenvalue weighted by Crippen LogP contribution is 2.26. The number of aliphatic imine (C=N–C) groups is 2. The van der Waals surface area contributed by atoms with Gasteiger partial charge in [-0.3, -0.25) is 9.98 Å². The molecule has 1 aromatic rings. The third kappa shape index (κ3) is 6.64. The SMILES string of the molecule is C/C=C\C=NC(=C(C)C)C(C)N=C(Cl)/C(=C(\C)Cl)c1ccc(C)cc1.